The molecule has 0 aliphatic heterocycles. The van der Waals surface area contributed by atoms with Crippen molar-refractivity contribution in [3.05, 3.63) is 70.8 Å². The highest BCUT2D eigenvalue weighted by atomic mass is 16.2. The predicted molar refractivity (Wildman–Crippen MR) is 85.5 cm³/mol. The molecule has 0 heterocycles. The number of amides is 1. The van der Waals surface area contributed by atoms with Gasteiger partial charge < -0.3 is 4.90 Å². The first kappa shape index (κ1) is 11.6. The zero-order valence-corrected chi connectivity index (χ0v) is 12.5. The fourth-order valence-corrected chi connectivity index (χ4v) is 2.91. The summed E-state index contributed by atoms with van der Waals surface area (Å²) in [6.45, 7) is 5.01. The lowest BCUT2D eigenvalue weighted by molar-refractivity contribution is -0.131. The van der Waals surface area contributed by atoms with Gasteiger partial charge in [0.05, 0.1) is 7.26 Å². The van der Waals surface area contributed by atoms with Crippen molar-refractivity contribution in [2.24, 2.45) is 0 Å². The van der Waals surface area contributed by atoms with Crippen LogP contribution in [0.4, 0.5) is 0 Å². The molecule has 0 radical (unpaired) electrons. The summed E-state index contributed by atoms with van der Waals surface area (Å²) in [7, 11) is 0. The first-order valence-electron chi connectivity index (χ1n) is 8.53. The minimum atomic E-state index is -1.48. The Balaban J connectivity index is 2.28. The SMILES string of the molecule is [2H]C1c2ccccc2C([2H])(C(=O)N(CC)CC)c2ccccc21. The van der Waals surface area contributed by atoms with Crippen molar-refractivity contribution in [3.63, 3.8) is 0 Å². The zero-order valence-electron chi connectivity index (χ0n) is 14.5. The number of nitrogens with zero attached hydrogens (tertiary/aromatic N) is 1. The molecule has 2 nitrogen and oxygen atoms in total. The Labute approximate surface area is 129 Å². The third-order valence-corrected chi connectivity index (χ3v) is 4.04. The molecule has 2 aromatic rings. The summed E-state index contributed by atoms with van der Waals surface area (Å²) < 4.78 is 17.7. The second-order valence-electron chi connectivity index (χ2n) is 5.17. The van der Waals surface area contributed by atoms with Crippen LogP contribution in [0.2, 0.25) is 0 Å². The maximum absolute atomic E-state index is 13.2. The number of likely N-dealkylation sites (N-methyl/N-ethyl adjacent to an activating group) is 1. The molecule has 0 fully saturated rings. The van der Waals surface area contributed by atoms with E-state index in [1.165, 1.54) is 0 Å². The van der Waals surface area contributed by atoms with Crippen LogP contribution in [0.25, 0.3) is 0 Å². The van der Waals surface area contributed by atoms with Crippen LogP contribution in [0.5, 0.6) is 0 Å². The Morgan fingerprint density at radius 3 is 2.05 bits per heavy atom. The lowest BCUT2D eigenvalue weighted by Gasteiger charge is -2.31. The second-order valence-corrected chi connectivity index (χ2v) is 5.17. The van der Waals surface area contributed by atoms with Crippen LogP contribution in [0, 0.1) is 0 Å². The molecule has 0 saturated carbocycles. The molecule has 0 spiro atoms. The smallest absolute Gasteiger partial charge is 0.234 e. The molecule has 0 unspecified atom stereocenters. The summed E-state index contributed by atoms with van der Waals surface area (Å²) in [5, 5.41) is 0. The number of hydrogen-bond acceptors (Lipinski definition) is 1. The quantitative estimate of drug-likeness (QED) is 0.842. The van der Waals surface area contributed by atoms with E-state index in [9.17, 15) is 4.79 Å². The molecule has 0 atom stereocenters. The molecular weight excluding hydrogens is 258 g/mol. The Morgan fingerprint density at radius 2 is 1.57 bits per heavy atom. The predicted octanol–water partition coefficient (Wildman–Crippen LogP) is 3.59. The van der Waals surface area contributed by atoms with Crippen molar-refractivity contribution < 1.29 is 7.54 Å². The average molecular weight is 281 g/mol. The standard InChI is InChI=1S/C19H21NO/c1-3-20(4-2)19(21)18-16-11-7-5-9-14(16)13-15-10-6-8-12-17(15)18/h5-12,18H,3-4,13H2,1-2H3/i13D,18D. The van der Waals surface area contributed by atoms with Crippen molar-refractivity contribution >= 4 is 5.91 Å². The molecule has 1 aliphatic carbocycles. The van der Waals surface area contributed by atoms with Crippen LogP contribution in [-0.4, -0.2) is 23.9 Å². The number of fused-ring (bicyclic) bond motifs is 2. The number of carbonyl (C=O) groups is 1. The molecule has 21 heavy (non-hydrogen) atoms. The van der Waals surface area contributed by atoms with E-state index in [1.807, 2.05) is 62.4 Å². The maximum atomic E-state index is 13.2. The Morgan fingerprint density at radius 1 is 1.10 bits per heavy atom. The molecule has 0 bridgehead atoms. The van der Waals surface area contributed by atoms with Gasteiger partial charge in [0.1, 0.15) is 0 Å². The summed E-state index contributed by atoms with van der Waals surface area (Å²) in [6, 6.07) is 14.8. The molecule has 1 aliphatic rings. The maximum Gasteiger partial charge on any atom is 0.234 e. The molecule has 2 heteroatoms. The topological polar surface area (TPSA) is 20.3 Å². The number of hydrogen-bond donors (Lipinski definition) is 0. The monoisotopic (exact) mass is 281 g/mol. The van der Waals surface area contributed by atoms with Crippen molar-refractivity contribution in [1.82, 2.24) is 4.90 Å². The molecular formula is C19H21NO. The summed E-state index contributed by atoms with van der Waals surface area (Å²) in [4.78, 5) is 14.9. The van der Waals surface area contributed by atoms with Crippen LogP contribution in [0.3, 0.4) is 0 Å². The highest BCUT2D eigenvalue weighted by molar-refractivity contribution is 5.88. The third-order valence-electron chi connectivity index (χ3n) is 4.04. The third kappa shape index (κ3) is 2.35. The summed E-state index contributed by atoms with van der Waals surface area (Å²) in [5.74, 6) is -1.69. The van der Waals surface area contributed by atoms with Crippen molar-refractivity contribution in [1.29, 1.82) is 0 Å². The van der Waals surface area contributed by atoms with Gasteiger partial charge in [0.25, 0.3) is 0 Å². The van der Waals surface area contributed by atoms with Gasteiger partial charge in [0.15, 0.2) is 0 Å². The fraction of sp³-hybridized carbons (Fsp3) is 0.316. The van der Waals surface area contributed by atoms with Gasteiger partial charge in [0.2, 0.25) is 5.91 Å². The Bertz CT molecular complexity index is 692. The van der Waals surface area contributed by atoms with Gasteiger partial charge >= 0.3 is 0 Å². The second kappa shape index (κ2) is 5.72. The van der Waals surface area contributed by atoms with Gasteiger partial charge in [-0.3, -0.25) is 4.79 Å². The average Bonchev–Trinajstić information content (AvgIpc) is 2.60. The highest BCUT2D eigenvalue weighted by Crippen LogP contribution is 2.37. The van der Waals surface area contributed by atoms with E-state index in [1.54, 1.807) is 4.90 Å². The Kier molecular flexibility index (Phi) is 3.15. The number of rotatable bonds is 3. The number of benzene rings is 2. The molecule has 0 saturated heterocycles. The van der Waals surface area contributed by atoms with E-state index in [4.69, 9.17) is 2.74 Å². The van der Waals surface area contributed by atoms with Crippen molar-refractivity contribution in [3.8, 4) is 0 Å². The van der Waals surface area contributed by atoms with Gasteiger partial charge in [-0.2, -0.15) is 0 Å². The highest BCUT2D eigenvalue weighted by Gasteiger charge is 2.32. The lowest BCUT2D eigenvalue weighted by atomic mass is 9.77. The van der Waals surface area contributed by atoms with Crippen LogP contribution in [0.1, 0.15) is 44.7 Å². The minimum absolute atomic E-state index is 0.214. The van der Waals surface area contributed by atoms with Crippen molar-refractivity contribution in [2.75, 3.05) is 13.1 Å². The minimum Gasteiger partial charge on any atom is -0.342 e. The van der Waals surface area contributed by atoms with Gasteiger partial charge in [-0.15, -0.1) is 0 Å². The van der Waals surface area contributed by atoms with Crippen LogP contribution in [-0.2, 0) is 11.2 Å². The first-order valence-corrected chi connectivity index (χ1v) is 7.46. The van der Waals surface area contributed by atoms with E-state index < -0.39 is 12.3 Å². The van der Waals surface area contributed by atoms with E-state index in [-0.39, 0.29) is 5.91 Å². The van der Waals surface area contributed by atoms with Crippen LogP contribution < -0.4 is 0 Å². The molecule has 0 N–H and O–H groups in total. The zero-order chi connectivity index (χ0) is 16.6. The van der Waals surface area contributed by atoms with E-state index in [0.717, 1.165) is 11.1 Å². The summed E-state index contributed by atoms with van der Waals surface area (Å²) in [5.41, 5.74) is 2.77. The van der Waals surface area contributed by atoms with Gasteiger partial charge in [-0.05, 0) is 42.5 Å². The molecule has 2 aromatic carbocycles. The number of carbonyl (C=O) groups excluding carboxylic acids is 1. The van der Waals surface area contributed by atoms with E-state index in [2.05, 4.69) is 0 Å². The van der Waals surface area contributed by atoms with E-state index in [0.29, 0.717) is 24.2 Å². The molecule has 108 valence electrons. The summed E-state index contributed by atoms with van der Waals surface area (Å²) >= 11 is 0. The molecule has 0 aromatic heterocycles. The fourth-order valence-electron chi connectivity index (χ4n) is 2.91. The van der Waals surface area contributed by atoms with E-state index >= 15 is 0 Å². The van der Waals surface area contributed by atoms with Gasteiger partial charge in [0, 0.05) is 14.5 Å². The normalized spacial score (nSPS) is 24.4. The van der Waals surface area contributed by atoms with Gasteiger partial charge in [-0.25, -0.2) is 0 Å². The molecule has 3 rings (SSSR count). The lowest BCUT2D eigenvalue weighted by Crippen LogP contribution is -2.37. The van der Waals surface area contributed by atoms with Crippen LogP contribution >= 0.6 is 0 Å². The van der Waals surface area contributed by atoms with Crippen molar-refractivity contribution in [2.45, 2.75) is 26.1 Å². The Hall–Kier alpha value is -2.09. The summed E-state index contributed by atoms with van der Waals surface area (Å²) in [6.07, 6.45) is -0.551. The van der Waals surface area contributed by atoms with Gasteiger partial charge in [-0.1, -0.05) is 48.5 Å². The largest absolute Gasteiger partial charge is 0.342 e. The molecule has 1 amide bonds. The van der Waals surface area contributed by atoms with Crippen LogP contribution in [0.15, 0.2) is 48.5 Å². The first-order chi connectivity index (χ1) is 11.1.